The maximum absolute atomic E-state index is 6.32. The summed E-state index contributed by atoms with van der Waals surface area (Å²) >= 11 is 18.0. The molecular formula is C14H13BrCl2OS. The fourth-order valence-electron chi connectivity index (χ4n) is 1.75. The van der Waals surface area contributed by atoms with Crippen molar-refractivity contribution in [3.8, 4) is 5.75 Å². The quantitative estimate of drug-likeness (QED) is 0.570. The van der Waals surface area contributed by atoms with Gasteiger partial charge in [-0.3, -0.25) is 0 Å². The van der Waals surface area contributed by atoms with Gasteiger partial charge in [-0.1, -0.05) is 39.1 Å². The predicted molar refractivity (Wildman–Crippen MR) is 87.5 cm³/mol. The van der Waals surface area contributed by atoms with Gasteiger partial charge in [0.1, 0.15) is 5.75 Å². The highest BCUT2D eigenvalue weighted by atomic mass is 79.9. The zero-order chi connectivity index (χ0) is 14.0. The first-order chi connectivity index (χ1) is 9.02. The smallest absolute Gasteiger partial charge is 0.139 e. The van der Waals surface area contributed by atoms with E-state index in [1.165, 1.54) is 9.75 Å². The van der Waals surface area contributed by atoms with Crippen LogP contribution in [-0.2, 0) is 0 Å². The van der Waals surface area contributed by atoms with E-state index in [4.69, 9.17) is 27.9 Å². The summed E-state index contributed by atoms with van der Waals surface area (Å²) in [6.07, 6.45) is 0. The van der Waals surface area contributed by atoms with Gasteiger partial charge >= 0.3 is 0 Å². The van der Waals surface area contributed by atoms with Gasteiger partial charge in [-0.15, -0.1) is 11.3 Å². The average Bonchev–Trinajstić information content (AvgIpc) is 2.79. The third-order valence-electron chi connectivity index (χ3n) is 2.64. The molecule has 0 bridgehead atoms. The number of thiophene rings is 1. The molecule has 102 valence electrons. The minimum Gasteiger partial charge on any atom is -0.492 e. The zero-order valence-corrected chi connectivity index (χ0v) is 14.5. The minimum absolute atomic E-state index is 0.0480. The molecule has 0 saturated heterocycles. The molecule has 0 N–H and O–H groups in total. The van der Waals surface area contributed by atoms with Gasteiger partial charge in [0, 0.05) is 20.8 Å². The largest absolute Gasteiger partial charge is 0.492 e. The van der Waals surface area contributed by atoms with E-state index in [1.807, 2.05) is 13.0 Å². The van der Waals surface area contributed by atoms with E-state index >= 15 is 0 Å². The minimum atomic E-state index is 0.0480. The molecule has 1 atom stereocenters. The normalized spacial score (nSPS) is 12.5. The van der Waals surface area contributed by atoms with Crippen LogP contribution in [0.2, 0.25) is 10.0 Å². The Hall–Kier alpha value is -0.220. The molecule has 0 amide bonds. The molecule has 1 heterocycles. The summed E-state index contributed by atoms with van der Waals surface area (Å²) in [7, 11) is 0. The van der Waals surface area contributed by atoms with E-state index in [1.54, 1.807) is 17.4 Å². The van der Waals surface area contributed by atoms with Crippen molar-refractivity contribution >= 4 is 50.5 Å². The lowest BCUT2D eigenvalue weighted by atomic mass is 10.1. The average molecular weight is 380 g/mol. The van der Waals surface area contributed by atoms with E-state index in [0.717, 1.165) is 5.56 Å². The van der Waals surface area contributed by atoms with E-state index in [-0.39, 0.29) is 4.83 Å². The van der Waals surface area contributed by atoms with Crippen LogP contribution in [-0.4, -0.2) is 6.61 Å². The van der Waals surface area contributed by atoms with Gasteiger partial charge in [-0.05, 0) is 37.6 Å². The molecule has 2 rings (SSSR count). The third-order valence-corrected chi connectivity index (χ3v) is 5.61. The maximum Gasteiger partial charge on any atom is 0.139 e. The summed E-state index contributed by atoms with van der Waals surface area (Å²) in [5.41, 5.74) is 0.956. The number of hydrogen-bond acceptors (Lipinski definition) is 2. The van der Waals surface area contributed by atoms with Crippen molar-refractivity contribution in [2.75, 3.05) is 6.61 Å². The van der Waals surface area contributed by atoms with Gasteiger partial charge in [-0.25, -0.2) is 0 Å². The lowest BCUT2D eigenvalue weighted by Crippen LogP contribution is -1.96. The second kappa shape index (κ2) is 6.49. The highest BCUT2D eigenvalue weighted by Gasteiger charge is 2.18. The molecule has 0 aliphatic carbocycles. The molecule has 0 fully saturated rings. The first-order valence-corrected chi connectivity index (χ1v) is 8.34. The lowest BCUT2D eigenvalue weighted by Gasteiger charge is -2.13. The summed E-state index contributed by atoms with van der Waals surface area (Å²) in [5, 5.41) is 1.24. The van der Waals surface area contributed by atoms with Crippen LogP contribution >= 0.6 is 50.5 Å². The molecule has 0 aliphatic rings. The Morgan fingerprint density at radius 1 is 1.26 bits per heavy atom. The highest BCUT2D eigenvalue weighted by molar-refractivity contribution is 9.09. The molecule has 1 aromatic heterocycles. The molecule has 2 aromatic rings. The number of benzene rings is 1. The molecule has 1 unspecified atom stereocenters. The van der Waals surface area contributed by atoms with Crippen molar-refractivity contribution in [3.63, 3.8) is 0 Å². The Bertz CT molecular complexity index is 583. The molecule has 0 aliphatic heterocycles. The highest BCUT2D eigenvalue weighted by Crippen LogP contribution is 2.42. The second-order valence-electron chi connectivity index (χ2n) is 4.05. The lowest BCUT2D eigenvalue weighted by molar-refractivity contribution is 0.340. The predicted octanol–water partition coefficient (Wildman–Crippen LogP) is 6.25. The standard InChI is InChI=1S/C14H13BrCl2OS/c1-3-18-12-7-10(16)9(6-11(12)17)14(15)13-5-4-8(2)19-13/h4-7,14H,3H2,1-2H3. The van der Waals surface area contributed by atoms with Gasteiger partial charge < -0.3 is 4.74 Å². The third kappa shape index (κ3) is 3.46. The van der Waals surface area contributed by atoms with Crippen LogP contribution < -0.4 is 4.74 Å². The monoisotopic (exact) mass is 378 g/mol. The Balaban J connectivity index is 2.37. The van der Waals surface area contributed by atoms with Crippen LogP contribution in [0.5, 0.6) is 5.75 Å². The van der Waals surface area contributed by atoms with Crippen LogP contribution in [0.4, 0.5) is 0 Å². The van der Waals surface area contributed by atoms with Crippen molar-refractivity contribution < 1.29 is 4.74 Å². The van der Waals surface area contributed by atoms with E-state index in [2.05, 4.69) is 35.0 Å². The molecule has 0 radical (unpaired) electrons. The maximum atomic E-state index is 6.32. The van der Waals surface area contributed by atoms with Crippen LogP contribution in [0.15, 0.2) is 24.3 Å². The van der Waals surface area contributed by atoms with E-state index in [0.29, 0.717) is 22.4 Å². The van der Waals surface area contributed by atoms with Gasteiger partial charge in [0.25, 0.3) is 0 Å². The van der Waals surface area contributed by atoms with E-state index < -0.39 is 0 Å². The molecule has 19 heavy (non-hydrogen) atoms. The van der Waals surface area contributed by atoms with Gasteiger partial charge in [0.05, 0.1) is 16.5 Å². The fourth-order valence-corrected chi connectivity index (χ4v) is 4.05. The van der Waals surface area contributed by atoms with Crippen molar-refractivity contribution in [1.29, 1.82) is 0 Å². The van der Waals surface area contributed by atoms with Crippen molar-refractivity contribution in [1.82, 2.24) is 0 Å². The summed E-state index contributed by atoms with van der Waals surface area (Å²) in [6, 6.07) is 7.83. The van der Waals surface area contributed by atoms with Crippen LogP contribution in [0, 0.1) is 6.92 Å². The van der Waals surface area contributed by atoms with Crippen molar-refractivity contribution in [2.24, 2.45) is 0 Å². The number of alkyl halides is 1. The first-order valence-electron chi connectivity index (χ1n) is 5.85. The second-order valence-corrected chi connectivity index (χ2v) is 7.10. The number of ether oxygens (including phenoxy) is 1. The Kier molecular flexibility index (Phi) is 5.18. The van der Waals surface area contributed by atoms with Crippen LogP contribution in [0.25, 0.3) is 0 Å². The summed E-state index contributed by atoms with van der Waals surface area (Å²) in [6.45, 7) is 4.57. The number of hydrogen-bond donors (Lipinski definition) is 0. The number of halogens is 3. The van der Waals surface area contributed by atoms with Gasteiger partial charge in [0.2, 0.25) is 0 Å². The summed E-state index contributed by atoms with van der Waals surface area (Å²) in [4.78, 5) is 2.53. The molecule has 0 spiro atoms. The molecule has 0 saturated carbocycles. The molecular weight excluding hydrogens is 367 g/mol. The van der Waals surface area contributed by atoms with Gasteiger partial charge in [0.15, 0.2) is 0 Å². The molecule has 5 heteroatoms. The summed E-state index contributed by atoms with van der Waals surface area (Å²) in [5.74, 6) is 0.625. The number of aryl methyl sites for hydroxylation is 1. The molecule has 1 aromatic carbocycles. The fraction of sp³-hybridized carbons (Fsp3) is 0.286. The van der Waals surface area contributed by atoms with Gasteiger partial charge in [-0.2, -0.15) is 0 Å². The Morgan fingerprint density at radius 3 is 2.58 bits per heavy atom. The van der Waals surface area contributed by atoms with Crippen LogP contribution in [0.1, 0.15) is 27.1 Å². The summed E-state index contributed by atoms with van der Waals surface area (Å²) < 4.78 is 5.43. The Morgan fingerprint density at radius 2 is 2.00 bits per heavy atom. The first kappa shape index (κ1) is 15.2. The number of rotatable bonds is 4. The van der Waals surface area contributed by atoms with Crippen molar-refractivity contribution in [2.45, 2.75) is 18.7 Å². The Labute approximate surface area is 135 Å². The van der Waals surface area contributed by atoms with E-state index in [9.17, 15) is 0 Å². The molecule has 1 nitrogen and oxygen atoms in total. The van der Waals surface area contributed by atoms with Crippen molar-refractivity contribution in [3.05, 3.63) is 49.6 Å². The van der Waals surface area contributed by atoms with Crippen LogP contribution in [0.3, 0.4) is 0 Å². The topological polar surface area (TPSA) is 9.23 Å². The zero-order valence-electron chi connectivity index (χ0n) is 10.5. The SMILES string of the molecule is CCOc1cc(Cl)c(C(Br)c2ccc(C)s2)cc1Cl.